The minimum absolute atomic E-state index is 0.126. The summed E-state index contributed by atoms with van der Waals surface area (Å²) in [6, 6.07) is 0. The molecule has 2 saturated carbocycles. The van der Waals surface area contributed by atoms with Gasteiger partial charge < -0.3 is 19.3 Å². The molecule has 5 nitrogen and oxygen atoms in total. The number of ether oxygens (including phenoxy) is 3. The highest BCUT2D eigenvalue weighted by Gasteiger charge is 2.52. The van der Waals surface area contributed by atoms with Crippen molar-refractivity contribution in [1.82, 2.24) is 0 Å². The Bertz CT molecular complexity index is 543. The molecule has 5 heteroatoms. The first-order valence-corrected chi connectivity index (χ1v) is 11.6. The van der Waals surface area contributed by atoms with Crippen LogP contribution in [0.4, 0.5) is 0 Å². The van der Waals surface area contributed by atoms with Crippen LogP contribution in [0.15, 0.2) is 0 Å². The minimum Gasteiger partial charge on any atom is -0.481 e. The lowest BCUT2D eigenvalue weighted by Crippen LogP contribution is -2.53. The smallest absolute Gasteiger partial charge is 0.306 e. The van der Waals surface area contributed by atoms with Crippen LogP contribution in [0.3, 0.4) is 0 Å². The van der Waals surface area contributed by atoms with Crippen molar-refractivity contribution in [3.8, 4) is 0 Å². The van der Waals surface area contributed by atoms with Crippen molar-refractivity contribution < 1.29 is 24.1 Å². The van der Waals surface area contributed by atoms with E-state index in [-0.39, 0.29) is 24.6 Å². The largest absolute Gasteiger partial charge is 0.481 e. The Morgan fingerprint density at radius 1 is 0.929 bits per heavy atom. The zero-order valence-electron chi connectivity index (χ0n) is 17.7. The molecule has 0 bridgehead atoms. The van der Waals surface area contributed by atoms with Crippen LogP contribution in [0.5, 0.6) is 0 Å². The van der Waals surface area contributed by atoms with Gasteiger partial charge in [-0.2, -0.15) is 0 Å². The van der Waals surface area contributed by atoms with Gasteiger partial charge in [-0.3, -0.25) is 4.79 Å². The summed E-state index contributed by atoms with van der Waals surface area (Å²) >= 11 is 0. The van der Waals surface area contributed by atoms with E-state index in [1.165, 1.54) is 19.3 Å². The van der Waals surface area contributed by atoms with Gasteiger partial charge in [0.25, 0.3) is 0 Å². The lowest BCUT2D eigenvalue weighted by atomic mass is 9.61. The lowest BCUT2D eigenvalue weighted by molar-refractivity contribution is -0.335. The van der Waals surface area contributed by atoms with Crippen LogP contribution in [-0.2, 0) is 19.0 Å². The number of carbonyl (C=O) groups is 1. The topological polar surface area (TPSA) is 65.0 Å². The Hall–Kier alpha value is -0.650. The molecule has 0 spiro atoms. The molecule has 2 unspecified atom stereocenters. The number of carboxylic acid groups (broad SMARTS) is 1. The maximum atomic E-state index is 11.2. The zero-order valence-corrected chi connectivity index (χ0v) is 17.7. The third-order valence-electron chi connectivity index (χ3n) is 8.33. The summed E-state index contributed by atoms with van der Waals surface area (Å²) in [6.07, 6.45) is 8.33. The van der Waals surface area contributed by atoms with E-state index >= 15 is 0 Å². The predicted octanol–water partition coefficient (Wildman–Crippen LogP) is 4.69. The highest BCUT2D eigenvalue weighted by atomic mass is 16.8. The van der Waals surface area contributed by atoms with Crippen LogP contribution in [0.2, 0.25) is 0 Å². The third kappa shape index (κ3) is 4.13. The van der Waals surface area contributed by atoms with Gasteiger partial charge >= 0.3 is 5.97 Å². The van der Waals surface area contributed by atoms with Gasteiger partial charge in [-0.15, -0.1) is 0 Å². The molecule has 4 rings (SSSR count). The summed E-state index contributed by atoms with van der Waals surface area (Å²) in [6.45, 7) is 7.57. The van der Waals surface area contributed by atoms with E-state index in [1.54, 1.807) is 0 Å². The van der Waals surface area contributed by atoms with Gasteiger partial charge in [0.2, 0.25) is 0 Å². The molecule has 2 saturated heterocycles. The molecule has 2 aliphatic heterocycles. The van der Waals surface area contributed by atoms with Crippen LogP contribution in [0, 0.1) is 41.4 Å². The molecule has 28 heavy (non-hydrogen) atoms. The molecule has 0 amide bonds. The summed E-state index contributed by atoms with van der Waals surface area (Å²) in [4.78, 5) is 11.2. The Labute approximate surface area is 169 Å². The van der Waals surface area contributed by atoms with Crippen LogP contribution in [0.25, 0.3) is 0 Å². The average molecular weight is 395 g/mol. The van der Waals surface area contributed by atoms with Crippen molar-refractivity contribution in [3.63, 3.8) is 0 Å². The first kappa shape index (κ1) is 20.6. The highest BCUT2D eigenvalue weighted by Crippen LogP contribution is 2.52. The van der Waals surface area contributed by atoms with Gasteiger partial charge in [-0.1, -0.05) is 20.3 Å². The molecule has 0 aromatic rings. The molecule has 160 valence electrons. The van der Waals surface area contributed by atoms with Crippen molar-refractivity contribution in [2.45, 2.75) is 90.8 Å². The predicted molar refractivity (Wildman–Crippen MR) is 106 cm³/mol. The van der Waals surface area contributed by atoms with Crippen molar-refractivity contribution in [2.75, 3.05) is 6.61 Å². The van der Waals surface area contributed by atoms with Crippen molar-refractivity contribution in [1.29, 1.82) is 0 Å². The zero-order chi connectivity index (χ0) is 19.8. The molecule has 1 N–H and O–H groups in total. The highest BCUT2D eigenvalue weighted by molar-refractivity contribution is 5.69. The number of aliphatic carboxylic acids is 1. The lowest BCUT2D eigenvalue weighted by Gasteiger charge is -2.52. The van der Waals surface area contributed by atoms with Gasteiger partial charge in [0.15, 0.2) is 12.6 Å². The summed E-state index contributed by atoms with van der Waals surface area (Å²) in [7, 11) is 0. The van der Waals surface area contributed by atoms with Gasteiger partial charge in [0.1, 0.15) is 0 Å². The second-order valence-electron chi connectivity index (χ2n) is 10.1. The van der Waals surface area contributed by atoms with Gasteiger partial charge in [-0.25, -0.2) is 0 Å². The minimum atomic E-state index is -0.643. The van der Waals surface area contributed by atoms with Crippen molar-refractivity contribution >= 4 is 5.97 Å². The molecule has 4 aliphatic rings. The molecule has 2 heterocycles. The normalized spacial score (nSPS) is 49.1. The fraction of sp³-hybridized carbons (Fsp3) is 0.957. The van der Waals surface area contributed by atoms with Gasteiger partial charge in [-0.05, 0) is 75.5 Å². The maximum absolute atomic E-state index is 11.2. The summed E-state index contributed by atoms with van der Waals surface area (Å²) in [5.41, 5.74) is 0. The van der Waals surface area contributed by atoms with E-state index in [0.717, 1.165) is 38.0 Å². The summed E-state index contributed by atoms with van der Waals surface area (Å²) in [5.74, 6) is 2.64. The van der Waals surface area contributed by atoms with Gasteiger partial charge in [0.05, 0.1) is 18.6 Å². The Morgan fingerprint density at radius 2 is 1.64 bits per heavy atom. The molecule has 8 atom stereocenters. The van der Waals surface area contributed by atoms with Crippen LogP contribution in [-0.4, -0.2) is 36.4 Å². The Kier molecular flexibility index (Phi) is 6.34. The molecular weight excluding hydrogens is 356 g/mol. The standard InChI is InChI=1S/C23H38O5/c1-13-4-10-19-15(3)22(26-12-16-6-8-17(9-7-16)21(24)25)28-23-20(19)18(13)11-5-14(2)27-23/h13-20,22-23H,4-12H2,1-3H3,(H,24,25)/t13-,14?,15-,16?,17?,18+,19+,20?,22+,23+/m1/s1. The maximum Gasteiger partial charge on any atom is 0.306 e. The fourth-order valence-electron chi connectivity index (χ4n) is 6.45. The van der Waals surface area contributed by atoms with E-state index in [4.69, 9.17) is 14.2 Å². The molecule has 2 aliphatic carbocycles. The quantitative estimate of drug-likeness (QED) is 0.749. The average Bonchev–Trinajstić information content (AvgIpc) is 2.84. The van der Waals surface area contributed by atoms with E-state index in [0.29, 0.717) is 36.2 Å². The van der Waals surface area contributed by atoms with Crippen LogP contribution >= 0.6 is 0 Å². The van der Waals surface area contributed by atoms with Crippen molar-refractivity contribution in [3.05, 3.63) is 0 Å². The molecule has 0 aromatic carbocycles. The SMILES string of the molecule is CC1CC[C@@H]2C3[C@@H](O1)O[C@H](OCC1CCC(C(=O)O)CC1)[C@H](C)[C@@H]3CC[C@H]2C. The number of hydrogen-bond donors (Lipinski definition) is 1. The Balaban J connectivity index is 1.38. The van der Waals surface area contributed by atoms with Crippen LogP contribution < -0.4 is 0 Å². The fourth-order valence-corrected chi connectivity index (χ4v) is 6.45. The summed E-state index contributed by atoms with van der Waals surface area (Å²) in [5, 5.41) is 9.18. The first-order chi connectivity index (χ1) is 13.4. The Morgan fingerprint density at radius 3 is 2.36 bits per heavy atom. The molecule has 4 fully saturated rings. The molecule has 0 radical (unpaired) electrons. The van der Waals surface area contributed by atoms with E-state index in [2.05, 4.69) is 20.8 Å². The summed E-state index contributed by atoms with van der Waals surface area (Å²) < 4.78 is 19.1. The molecule has 0 aromatic heterocycles. The number of carboxylic acids is 1. The van der Waals surface area contributed by atoms with E-state index < -0.39 is 5.97 Å². The van der Waals surface area contributed by atoms with E-state index in [9.17, 15) is 9.90 Å². The third-order valence-corrected chi connectivity index (χ3v) is 8.33. The first-order valence-electron chi connectivity index (χ1n) is 11.6. The van der Waals surface area contributed by atoms with Gasteiger partial charge in [0, 0.05) is 11.8 Å². The monoisotopic (exact) mass is 394 g/mol. The number of rotatable bonds is 4. The molecular formula is C23H38O5. The van der Waals surface area contributed by atoms with Crippen LogP contribution in [0.1, 0.15) is 72.1 Å². The second kappa shape index (κ2) is 8.61. The number of hydrogen-bond acceptors (Lipinski definition) is 4. The van der Waals surface area contributed by atoms with Crippen molar-refractivity contribution in [2.24, 2.45) is 41.4 Å². The second-order valence-corrected chi connectivity index (χ2v) is 10.1. The van der Waals surface area contributed by atoms with E-state index in [1.807, 2.05) is 0 Å².